The summed E-state index contributed by atoms with van der Waals surface area (Å²) in [6.45, 7) is 0.587. The molecule has 1 aliphatic heterocycles. The molecular formula is C14H21N3O2S. The molecule has 0 spiro atoms. The van der Waals surface area contributed by atoms with Gasteiger partial charge in [-0.2, -0.15) is 11.3 Å². The van der Waals surface area contributed by atoms with Crippen LogP contribution in [0.4, 0.5) is 0 Å². The Morgan fingerprint density at radius 1 is 1.60 bits per heavy atom. The van der Waals surface area contributed by atoms with Gasteiger partial charge in [0.2, 0.25) is 11.8 Å². The van der Waals surface area contributed by atoms with Crippen LogP contribution in [0.3, 0.4) is 0 Å². The van der Waals surface area contributed by atoms with Crippen LogP contribution >= 0.6 is 11.3 Å². The lowest BCUT2D eigenvalue weighted by Crippen LogP contribution is -2.37. The highest BCUT2D eigenvalue weighted by Crippen LogP contribution is 2.20. The summed E-state index contributed by atoms with van der Waals surface area (Å²) in [5.74, 6) is 0.0477. The van der Waals surface area contributed by atoms with Crippen LogP contribution in [0.15, 0.2) is 16.8 Å². The minimum atomic E-state index is -0.000667. The third-order valence-electron chi connectivity index (χ3n) is 3.56. The lowest BCUT2D eigenvalue weighted by atomic mass is 10.1. The molecule has 5 nitrogen and oxygen atoms in total. The summed E-state index contributed by atoms with van der Waals surface area (Å²) in [6.07, 6.45) is 1.66. The summed E-state index contributed by atoms with van der Waals surface area (Å²) < 4.78 is 0. The third kappa shape index (κ3) is 4.05. The number of rotatable bonds is 6. The Bertz CT molecular complexity index is 459. The average molecular weight is 295 g/mol. The molecule has 0 bridgehead atoms. The fraction of sp³-hybridized carbons (Fsp3) is 0.571. The molecule has 0 saturated carbocycles. The largest absolute Gasteiger partial charge is 0.354 e. The molecular weight excluding hydrogens is 274 g/mol. The predicted molar refractivity (Wildman–Crippen MR) is 79.5 cm³/mol. The summed E-state index contributed by atoms with van der Waals surface area (Å²) in [6, 6.07) is 2.27. The molecule has 0 aliphatic carbocycles. The number of amides is 2. The molecule has 2 amide bonds. The van der Waals surface area contributed by atoms with Gasteiger partial charge in [0.1, 0.15) is 0 Å². The normalized spacial score (nSPS) is 19.9. The van der Waals surface area contributed by atoms with Gasteiger partial charge in [0.05, 0.1) is 6.04 Å². The van der Waals surface area contributed by atoms with Crippen LogP contribution in [-0.4, -0.2) is 43.4 Å². The van der Waals surface area contributed by atoms with E-state index in [4.69, 9.17) is 0 Å². The van der Waals surface area contributed by atoms with Crippen LogP contribution in [0.2, 0.25) is 0 Å². The van der Waals surface area contributed by atoms with Gasteiger partial charge >= 0.3 is 0 Å². The van der Waals surface area contributed by atoms with Crippen molar-refractivity contribution in [3.8, 4) is 0 Å². The smallest absolute Gasteiger partial charge is 0.222 e. The van der Waals surface area contributed by atoms with E-state index >= 15 is 0 Å². The first-order chi connectivity index (χ1) is 9.56. The molecule has 0 aromatic carbocycles. The van der Waals surface area contributed by atoms with Gasteiger partial charge in [-0.15, -0.1) is 0 Å². The molecule has 20 heavy (non-hydrogen) atoms. The van der Waals surface area contributed by atoms with Crippen molar-refractivity contribution < 1.29 is 9.59 Å². The van der Waals surface area contributed by atoms with E-state index < -0.39 is 0 Å². The van der Waals surface area contributed by atoms with Crippen molar-refractivity contribution >= 4 is 23.2 Å². The molecule has 2 atom stereocenters. The topological polar surface area (TPSA) is 61.4 Å². The van der Waals surface area contributed by atoms with Crippen LogP contribution < -0.4 is 10.6 Å². The monoisotopic (exact) mass is 295 g/mol. The first-order valence-electron chi connectivity index (χ1n) is 6.81. The van der Waals surface area contributed by atoms with Crippen LogP contribution in [0.25, 0.3) is 0 Å². The maximum atomic E-state index is 11.9. The van der Waals surface area contributed by atoms with Gasteiger partial charge < -0.3 is 15.5 Å². The predicted octanol–water partition coefficient (Wildman–Crippen LogP) is 1.14. The summed E-state index contributed by atoms with van der Waals surface area (Å²) in [7, 11) is 4.01. The highest BCUT2D eigenvalue weighted by Gasteiger charge is 2.23. The van der Waals surface area contributed by atoms with Gasteiger partial charge in [0.25, 0.3) is 0 Å². The Balaban J connectivity index is 1.80. The van der Waals surface area contributed by atoms with Crippen LogP contribution in [0, 0.1) is 0 Å². The Morgan fingerprint density at radius 3 is 2.95 bits per heavy atom. The van der Waals surface area contributed by atoms with E-state index in [1.807, 2.05) is 19.5 Å². The molecule has 2 heterocycles. The molecule has 110 valence electrons. The van der Waals surface area contributed by atoms with Crippen molar-refractivity contribution in [1.82, 2.24) is 15.5 Å². The molecule has 1 aromatic rings. The number of nitrogens with one attached hydrogen (secondary N) is 2. The Hall–Kier alpha value is -1.40. The fourth-order valence-corrected chi connectivity index (χ4v) is 3.11. The molecule has 2 unspecified atom stereocenters. The van der Waals surface area contributed by atoms with Crippen LogP contribution in [0.1, 0.15) is 30.9 Å². The van der Waals surface area contributed by atoms with E-state index in [-0.39, 0.29) is 23.9 Å². The van der Waals surface area contributed by atoms with Gasteiger partial charge in [0.15, 0.2) is 0 Å². The number of likely N-dealkylation sites (N-methyl/N-ethyl adjacent to an activating group) is 1. The van der Waals surface area contributed by atoms with Crippen molar-refractivity contribution in [3.05, 3.63) is 22.4 Å². The van der Waals surface area contributed by atoms with Crippen molar-refractivity contribution in [2.75, 3.05) is 20.6 Å². The summed E-state index contributed by atoms with van der Waals surface area (Å²) >= 11 is 1.66. The summed E-state index contributed by atoms with van der Waals surface area (Å²) in [4.78, 5) is 25.1. The van der Waals surface area contributed by atoms with E-state index in [0.29, 0.717) is 19.4 Å². The van der Waals surface area contributed by atoms with E-state index in [0.717, 1.165) is 6.42 Å². The standard InChI is InChI=1S/C14H21N3O2S/c1-17(2)12(10-5-6-20-9-10)8-15-14(19)7-11-3-4-13(18)16-11/h5-6,9,11-12H,3-4,7-8H2,1-2H3,(H,15,19)(H,16,18). The van der Waals surface area contributed by atoms with E-state index in [1.54, 1.807) is 11.3 Å². The number of nitrogens with zero attached hydrogens (tertiary/aromatic N) is 1. The molecule has 6 heteroatoms. The molecule has 2 N–H and O–H groups in total. The summed E-state index contributed by atoms with van der Waals surface area (Å²) in [5, 5.41) is 9.93. The fourth-order valence-electron chi connectivity index (χ4n) is 2.40. The van der Waals surface area contributed by atoms with Crippen LogP contribution in [0.5, 0.6) is 0 Å². The lowest BCUT2D eigenvalue weighted by molar-refractivity contribution is -0.122. The zero-order valence-corrected chi connectivity index (χ0v) is 12.7. The quantitative estimate of drug-likeness (QED) is 0.827. The third-order valence-corrected chi connectivity index (χ3v) is 4.26. The molecule has 1 saturated heterocycles. The van der Waals surface area contributed by atoms with Gasteiger partial charge in [0, 0.05) is 25.4 Å². The SMILES string of the molecule is CN(C)C(CNC(=O)CC1CCC(=O)N1)c1ccsc1. The van der Waals surface area contributed by atoms with Crippen molar-refractivity contribution in [3.63, 3.8) is 0 Å². The minimum Gasteiger partial charge on any atom is -0.354 e. The van der Waals surface area contributed by atoms with Crippen molar-refractivity contribution in [1.29, 1.82) is 0 Å². The lowest BCUT2D eigenvalue weighted by Gasteiger charge is -2.24. The van der Waals surface area contributed by atoms with Gasteiger partial charge in [-0.25, -0.2) is 0 Å². The molecule has 1 aromatic heterocycles. The first kappa shape index (κ1) is 15.0. The second kappa shape index (κ2) is 6.85. The number of hydrogen-bond donors (Lipinski definition) is 2. The second-order valence-corrected chi connectivity index (χ2v) is 6.13. The maximum Gasteiger partial charge on any atom is 0.222 e. The Morgan fingerprint density at radius 2 is 2.40 bits per heavy atom. The van der Waals surface area contributed by atoms with Gasteiger partial charge in [-0.05, 0) is 42.9 Å². The van der Waals surface area contributed by atoms with E-state index in [9.17, 15) is 9.59 Å². The van der Waals surface area contributed by atoms with Crippen LogP contribution in [-0.2, 0) is 9.59 Å². The summed E-state index contributed by atoms with van der Waals surface area (Å²) in [5.41, 5.74) is 1.22. The maximum absolute atomic E-state index is 11.9. The van der Waals surface area contributed by atoms with Gasteiger partial charge in [-0.3, -0.25) is 9.59 Å². The molecule has 0 radical (unpaired) electrons. The molecule has 2 rings (SSSR count). The Labute approximate surface area is 123 Å². The Kier molecular flexibility index (Phi) is 5.14. The average Bonchev–Trinajstić information content (AvgIpc) is 3.01. The zero-order chi connectivity index (χ0) is 14.5. The molecule has 1 fully saturated rings. The second-order valence-electron chi connectivity index (χ2n) is 5.35. The highest BCUT2D eigenvalue weighted by atomic mass is 32.1. The molecule has 1 aliphatic rings. The first-order valence-corrected chi connectivity index (χ1v) is 7.75. The number of carbonyl (C=O) groups excluding carboxylic acids is 2. The number of thiophene rings is 1. The van der Waals surface area contributed by atoms with Crippen molar-refractivity contribution in [2.45, 2.75) is 31.3 Å². The number of hydrogen-bond acceptors (Lipinski definition) is 4. The van der Waals surface area contributed by atoms with Gasteiger partial charge in [-0.1, -0.05) is 0 Å². The van der Waals surface area contributed by atoms with E-state index in [2.05, 4.69) is 27.0 Å². The highest BCUT2D eigenvalue weighted by molar-refractivity contribution is 7.07. The van der Waals surface area contributed by atoms with Crippen molar-refractivity contribution in [2.24, 2.45) is 0 Å². The zero-order valence-electron chi connectivity index (χ0n) is 11.9. The number of carbonyl (C=O) groups is 2. The minimum absolute atomic E-state index is 0.000667. The van der Waals surface area contributed by atoms with E-state index in [1.165, 1.54) is 5.56 Å².